The average molecular weight is 233 g/mol. The zero-order valence-corrected chi connectivity index (χ0v) is 10.3. The van der Waals surface area contributed by atoms with E-state index in [1.54, 1.807) is 11.3 Å². The first-order chi connectivity index (χ1) is 7.85. The zero-order chi connectivity index (χ0) is 11.4. The Morgan fingerprint density at radius 1 is 1.25 bits per heavy atom. The van der Waals surface area contributed by atoms with Gasteiger partial charge >= 0.3 is 0 Å². The van der Waals surface area contributed by atoms with Crippen LogP contribution in [-0.4, -0.2) is 17.2 Å². The SMILES string of the molecule is CCc1nnc(C(NC)c2ccccc2)s1. The van der Waals surface area contributed by atoms with Gasteiger partial charge in [0.2, 0.25) is 0 Å². The Hall–Kier alpha value is -1.26. The van der Waals surface area contributed by atoms with Crippen molar-refractivity contribution < 1.29 is 0 Å². The molecule has 0 bridgehead atoms. The molecule has 84 valence electrons. The number of nitrogens with one attached hydrogen (secondary N) is 1. The van der Waals surface area contributed by atoms with Crippen molar-refractivity contribution in [1.29, 1.82) is 0 Å². The maximum absolute atomic E-state index is 4.24. The number of nitrogens with zero attached hydrogens (tertiary/aromatic N) is 2. The molecule has 1 N–H and O–H groups in total. The molecule has 0 spiro atoms. The van der Waals surface area contributed by atoms with Crippen LogP contribution in [0.5, 0.6) is 0 Å². The minimum Gasteiger partial charge on any atom is -0.307 e. The summed E-state index contributed by atoms with van der Waals surface area (Å²) < 4.78 is 0. The van der Waals surface area contributed by atoms with Crippen molar-refractivity contribution in [3.8, 4) is 0 Å². The Bertz CT molecular complexity index is 439. The van der Waals surface area contributed by atoms with Gasteiger partial charge in [-0.1, -0.05) is 48.6 Å². The smallest absolute Gasteiger partial charge is 0.139 e. The predicted octanol–water partition coefficient (Wildman–Crippen LogP) is 2.41. The Morgan fingerprint density at radius 3 is 2.56 bits per heavy atom. The molecule has 0 fully saturated rings. The van der Waals surface area contributed by atoms with Crippen LogP contribution in [0, 0.1) is 0 Å². The third-order valence-corrected chi connectivity index (χ3v) is 3.59. The molecule has 1 heterocycles. The quantitative estimate of drug-likeness (QED) is 0.881. The molecule has 1 aromatic carbocycles. The Labute approximate surface area is 99.5 Å². The second-order valence-electron chi connectivity index (χ2n) is 3.52. The number of hydrogen-bond acceptors (Lipinski definition) is 4. The van der Waals surface area contributed by atoms with Crippen LogP contribution in [0.4, 0.5) is 0 Å². The van der Waals surface area contributed by atoms with Crippen molar-refractivity contribution in [3.63, 3.8) is 0 Å². The van der Waals surface area contributed by atoms with Gasteiger partial charge < -0.3 is 5.32 Å². The first-order valence-electron chi connectivity index (χ1n) is 5.39. The minimum atomic E-state index is 0.152. The van der Waals surface area contributed by atoms with Crippen LogP contribution in [0.1, 0.15) is 28.5 Å². The van der Waals surface area contributed by atoms with Crippen LogP contribution >= 0.6 is 11.3 Å². The maximum Gasteiger partial charge on any atom is 0.139 e. The van der Waals surface area contributed by atoms with Gasteiger partial charge in [-0.3, -0.25) is 0 Å². The van der Waals surface area contributed by atoms with Crippen LogP contribution in [0.2, 0.25) is 0 Å². The van der Waals surface area contributed by atoms with E-state index in [1.807, 2.05) is 25.2 Å². The van der Waals surface area contributed by atoms with Gasteiger partial charge in [-0.25, -0.2) is 0 Å². The molecule has 3 nitrogen and oxygen atoms in total. The lowest BCUT2D eigenvalue weighted by atomic mass is 10.1. The highest BCUT2D eigenvalue weighted by Crippen LogP contribution is 2.24. The third kappa shape index (κ3) is 2.28. The molecule has 0 amide bonds. The average Bonchev–Trinajstić information content (AvgIpc) is 2.80. The molecule has 0 saturated carbocycles. The van der Waals surface area contributed by atoms with Gasteiger partial charge in [0.05, 0.1) is 6.04 Å². The fraction of sp³-hybridized carbons (Fsp3) is 0.333. The summed E-state index contributed by atoms with van der Waals surface area (Å²) in [5, 5.41) is 13.8. The van der Waals surface area contributed by atoms with E-state index in [1.165, 1.54) is 5.56 Å². The van der Waals surface area contributed by atoms with E-state index in [0.29, 0.717) is 0 Å². The molecular weight excluding hydrogens is 218 g/mol. The number of hydrogen-bond donors (Lipinski definition) is 1. The van der Waals surface area contributed by atoms with Gasteiger partial charge in [-0.05, 0) is 19.0 Å². The first kappa shape index (κ1) is 11.2. The van der Waals surface area contributed by atoms with Crippen LogP contribution in [0.15, 0.2) is 30.3 Å². The van der Waals surface area contributed by atoms with Crippen molar-refractivity contribution in [3.05, 3.63) is 45.9 Å². The first-order valence-corrected chi connectivity index (χ1v) is 6.21. The molecule has 0 radical (unpaired) electrons. The molecule has 1 atom stereocenters. The maximum atomic E-state index is 4.24. The molecule has 2 rings (SSSR count). The van der Waals surface area contributed by atoms with Crippen molar-refractivity contribution in [2.24, 2.45) is 0 Å². The molecule has 0 aliphatic carbocycles. The molecule has 2 aromatic rings. The molecule has 0 saturated heterocycles. The molecule has 1 aromatic heterocycles. The molecule has 4 heteroatoms. The molecular formula is C12H15N3S. The van der Waals surface area contributed by atoms with Crippen molar-refractivity contribution >= 4 is 11.3 Å². The summed E-state index contributed by atoms with van der Waals surface area (Å²) in [6, 6.07) is 10.5. The monoisotopic (exact) mass is 233 g/mol. The number of benzene rings is 1. The zero-order valence-electron chi connectivity index (χ0n) is 9.47. The van der Waals surface area contributed by atoms with Crippen LogP contribution in [0.3, 0.4) is 0 Å². The Kier molecular flexibility index (Phi) is 3.64. The number of aryl methyl sites for hydroxylation is 1. The van der Waals surface area contributed by atoms with Crippen LogP contribution in [0.25, 0.3) is 0 Å². The lowest BCUT2D eigenvalue weighted by Crippen LogP contribution is -2.17. The van der Waals surface area contributed by atoms with E-state index in [4.69, 9.17) is 0 Å². The highest BCUT2D eigenvalue weighted by molar-refractivity contribution is 7.11. The van der Waals surface area contributed by atoms with Crippen molar-refractivity contribution in [2.75, 3.05) is 7.05 Å². The van der Waals surface area contributed by atoms with Crippen LogP contribution < -0.4 is 5.32 Å². The summed E-state index contributed by atoms with van der Waals surface area (Å²) in [4.78, 5) is 0. The van der Waals surface area contributed by atoms with E-state index < -0.39 is 0 Å². The summed E-state index contributed by atoms with van der Waals surface area (Å²) in [5.74, 6) is 0. The van der Waals surface area contributed by atoms with E-state index in [9.17, 15) is 0 Å². The Morgan fingerprint density at radius 2 is 2.00 bits per heavy atom. The number of rotatable bonds is 4. The standard InChI is InChI=1S/C12H15N3S/c1-3-10-14-15-12(16-10)11(13-2)9-7-5-4-6-8-9/h4-8,11,13H,3H2,1-2H3. The normalized spacial score (nSPS) is 12.6. The fourth-order valence-corrected chi connectivity index (χ4v) is 2.53. The molecule has 1 unspecified atom stereocenters. The van der Waals surface area contributed by atoms with Gasteiger partial charge in [-0.2, -0.15) is 0 Å². The third-order valence-electron chi connectivity index (χ3n) is 2.45. The van der Waals surface area contributed by atoms with Gasteiger partial charge in [-0.15, -0.1) is 10.2 Å². The highest BCUT2D eigenvalue weighted by atomic mass is 32.1. The second kappa shape index (κ2) is 5.18. The van der Waals surface area contributed by atoms with Crippen molar-refractivity contribution in [1.82, 2.24) is 15.5 Å². The lowest BCUT2D eigenvalue weighted by molar-refractivity contribution is 0.677. The van der Waals surface area contributed by atoms with Gasteiger partial charge in [0.1, 0.15) is 10.0 Å². The van der Waals surface area contributed by atoms with E-state index in [2.05, 4.69) is 34.6 Å². The minimum absolute atomic E-state index is 0.152. The second-order valence-corrected chi connectivity index (χ2v) is 4.61. The molecule has 0 aliphatic heterocycles. The van der Waals surface area contributed by atoms with Gasteiger partial charge in [0.15, 0.2) is 0 Å². The molecule has 16 heavy (non-hydrogen) atoms. The topological polar surface area (TPSA) is 37.8 Å². The largest absolute Gasteiger partial charge is 0.307 e. The van der Waals surface area contributed by atoms with E-state index >= 15 is 0 Å². The lowest BCUT2D eigenvalue weighted by Gasteiger charge is -2.12. The Balaban J connectivity index is 2.29. The summed E-state index contributed by atoms with van der Waals surface area (Å²) in [6.07, 6.45) is 0.947. The van der Waals surface area contributed by atoms with Crippen LogP contribution in [-0.2, 0) is 6.42 Å². The summed E-state index contributed by atoms with van der Waals surface area (Å²) in [5.41, 5.74) is 1.23. The van der Waals surface area contributed by atoms with Gasteiger partial charge in [0, 0.05) is 0 Å². The van der Waals surface area contributed by atoms with Gasteiger partial charge in [0.25, 0.3) is 0 Å². The van der Waals surface area contributed by atoms with E-state index in [0.717, 1.165) is 16.4 Å². The highest BCUT2D eigenvalue weighted by Gasteiger charge is 2.16. The molecule has 0 aliphatic rings. The summed E-state index contributed by atoms with van der Waals surface area (Å²) in [7, 11) is 1.95. The van der Waals surface area contributed by atoms with E-state index in [-0.39, 0.29) is 6.04 Å². The predicted molar refractivity (Wildman–Crippen MR) is 66.6 cm³/mol. The summed E-state index contributed by atoms with van der Waals surface area (Å²) >= 11 is 1.68. The summed E-state index contributed by atoms with van der Waals surface area (Å²) in [6.45, 7) is 2.10. The fourth-order valence-electron chi connectivity index (χ4n) is 1.60. The van der Waals surface area contributed by atoms with Crippen molar-refractivity contribution in [2.45, 2.75) is 19.4 Å². The number of aromatic nitrogens is 2.